The summed E-state index contributed by atoms with van der Waals surface area (Å²) in [4.78, 5) is 2.33. The van der Waals surface area contributed by atoms with Crippen LogP contribution in [0.25, 0.3) is 0 Å². The van der Waals surface area contributed by atoms with E-state index in [1.54, 1.807) is 7.11 Å². The van der Waals surface area contributed by atoms with Crippen molar-refractivity contribution < 1.29 is 9.47 Å². The van der Waals surface area contributed by atoms with Crippen LogP contribution >= 0.6 is 0 Å². The van der Waals surface area contributed by atoms with Crippen LogP contribution < -0.4 is 5.32 Å². The highest BCUT2D eigenvalue weighted by molar-refractivity contribution is 4.71. The molecule has 0 aromatic heterocycles. The van der Waals surface area contributed by atoms with Gasteiger partial charge in [-0.05, 0) is 26.8 Å². The maximum absolute atomic E-state index is 5.33. The number of rotatable bonds is 7. The van der Waals surface area contributed by atoms with Crippen LogP contribution in [0.3, 0.4) is 0 Å². The number of nitrogens with zero attached hydrogens (tertiary/aromatic N) is 1. The minimum atomic E-state index is 0.487. The molecular weight excluding hydrogens is 204 g/mol. The molecule has 1 aliphatic rings. The monoisotopic (exact) mass is 230 g/mol. The van der Waals surface area contributed by atoms with E-state index in [1.165, 1.54) is 0 Å². The number of methoxy groups -OCH3 is 1. The fraction of sp³-hybridized carbons (Fsp3) is 1.00. The first-order chi connectivity index (χ1) is 7.74. The molecule has 1 fully saturated rings. The van der Waals surface area contributed by atoms with Crippen LogP contribution in [0.5, 0.6) is 0 Å². The van der Waals surface area contributed by atoms with Crippen molar-refractivity contribution >= 4 is 0 Å². The molecule has 1 heterocycles. The van der Waals surface area contributed by atoms with Crippen molar-refractivity contribution in [1.29, 1.82) is 0 Å². The van der Waals surface area contributed by atoms with Gasteiger partial charge < -0.3 is 19.7 Å². The molecule has 1 N–H and O–H groups in total. The van der Waals surface area contributed by atoms with E-state index in [0.29, 0.717) is 12.1 Å². The predicted octanol–water partition coefficient (Wildman–Crippen LogP) is 0.722. The van der Waals surface area contributed by atoms with Crippen molar-refractivity contribution in [1.82, 2.24) is 10.2 Å². The van der Waals surface area contributed by atoms with Crippen LogP contribution in [0.4, 0.5) is 0 Å². The second kappa shape index (κ2) is 8.01. The average molecular weight is 230 g/mol. The summed E-state index contributed by atoms with van der Waals surface area (Å²) in [7, 11) is 3.90. The standard InChI is InChI=1S/C12H26N2O2/c1-11(10-15-3)14(2)7-6-13-12-4-8-16-9-5-12/h11-13H,4-10H2,1-3H3. The number of hydrogen-bond donors (Lipinski definition) is 1. The lowest BCUT2D eigenvalue weighted by molar-refractivity contribution is 0.0757. The van der Waals surface area contributed by atoms with Crippen molar-refractivity contribution in [2.45, 2.75) is 31.8 Å². The third-order valence-corrected chi connectivity index (χ3v) is 3.28. The van der Waals surface area contributed by atoms with Gasteiger partial charge in [0, 0.05) is 45.5 Å². The summed E-state index contributed by atoms with van der Waals surface area (Å²) < 4.78 is 10.5. The van der Waals surface area contributed by atoms with Gasteiger partial charge in [-0.25, -0.2) is 0 Å². The van der Waals surface area contributed by atoms with Crippen molar-refractivity contribution in [2.24, 2.45) is 0 Å². The van der Waals surface area contributed by atoms with E-state index in [-0.39, 0.29) is 0 Å². The van der Waals surface area contributed by atoms with E-state index in [1.807, 2.05) is 0 Å². The van der Waals surface area contributed by atoms with E-state index < -0.39 is 0 Å². The van der Waals surface area contributed by atoms with E-state index in [2.05, 4.69) is 24.2 Å². The van der Waals surface area contributed by atoms with Gasteiger partial charge >= 0.3 is 0 Å². The van der Waals surface area contributed by atoms with Crippen molar-refractivity contribution in [2.75, 3.05) is 47.1 Å². The zero-order valence-electron chi connectivity index (χ0n) is 10.9. The van der Waals surface area contributed by atoms with Gasteiger partial charge in [0.05, 0.1) is 6.61 Å². The highest BCUT2D eigenvalue weighted by atomic mass is 16.5. The minimum absolute atomic E-state index is 0.487. The van der Waals surface area contributed by atoms with Gasteiger partial charge in [0.25, 0.3) is 0 Å². The maximum Gasteiger partial charge on any atom is 0.0615 e. The molecule has 16 heavy (non-hydrogen) atoms. The SMILES string of the molecule is COCC(C)N(C)CCNC1CCOCC1. The summed E-state index contributed by atoms with van der Waals surface area (Å²) in [6, 6.07) is 1.14. The first kappa shape index (κ1) is 13.9. The number of nitrogens with one attached hydrogen (secondary N) is 1. The molecule has 0 amide bonds. The zero-order chi connectivity index (χ0) is 11.8. The maximum atomic E-state index is 5.33. The molecule has 4 nitrogen and oxygen atoms in total. The molecule has 1 unspecified atom stereocenters. The van der Waals surface area contributed by atoms with Crippen LogP contribution in [0, 0.1) is 0 Å². The number of hydrogen-bond acceptors (Lipinski definition) is 4. The normalized spacial score (nSPS) is 20.2. The van der Waals surface area contributed by atoms with Gasteiger partial charge in [0.15, 0.2) is 0 Å². The van der Waals surface area contributed by atoms with Crippen molar-refractivity contribution in [3.63, 3.8) is 0 Å². The topological polar surface area (TPSA) is 33.7 Å². The molecule has 96 valence electrons. The Morgan fingerprint density at radius 3 is 2.75 bits per heavy atom. The van der Waals surface area contributed by atoms with Gasteiger partial charge in [0.1, 0.15) is 0 Å². The van der Waals surface area contributed by atoms with Gasteiger partial charge in [-0.2, -0.15) is 0 Å². The Bertz CT molecular complexity index is 172. The van der Waals surface area contributed by atoms with Gasteiger partial charge in [0.2, 0.25) is 0 Å². The lowest BCUT2D eigenvalue weighted by Crippen LogP contribution is -2.42. The number of ether oxygens (including phenoxy) is 2. The van der Waals surface area contributed by atoms with Gasteiger partial charge in [-0.15, -0.1) is 0 Å². The van der Waals surface area contributed by atoms with E-state index in [4.69, 9.17) is 9.47 Å². The highest BCUT2D eigenvalue weighted by Crippen LogP contribution is 2.05. The summed E-state index contributed by atoms with van der Waals surface area (Å²) in [5, 5.41) is 3.59. The third kappa shape index (κ3) is 5.25. The Hall–Kier alpha value is -0.160. The summed E-state index contributed by atoms with van der Waals surface area (Å²) in [6.07, 6.45) is 2.30. The summed E-state index contributed by atoms with van der Waals surface area (Å²) >= 11 is 0. The Balaban J connectivity index is 2.04. The fourth-order valence-corrected chi connectivity index (χ4v) is 1.94. The van der Waals surface area contributed by atoms with Gasteiger partial charge in [-0.1, -0.05) is 0 Å². The Morgan fingerprint density at radius 1 is 1.44 bits per heavy atom. The van der Waals surface area contributed by atoms with E-state index >= 15 is 0 Å². The summed E-state index contributed by atoms with van der Waals surface area (Å²) in [5.41, 5.74) is 0. The van der Waals surface area contributed by atoms with Crippen molar-refractivity contribution in [3.8, 4) is 0 Å². The zero-order valence-corrected chi connectivity index (χ0v) is 10.9. The van der Waals surface area contributed by atoms with E-state index in [9.17, 15) is 0 Å². The molecule has 0 bridgehead atoms. The molecule has 0 aromatic rings. The van der Waals surface area contributed by atoms with Crippen LogP contribution in [-0.2, 0) is 9.47 Å². The molecule has 0 spiro atoms. The van der Waals surface area contributed by atoms with E-state index in [0.717, 1.165) is 45.8 Å². The summed E-state index contributed by atoms with van der Waals surface area (Å²) in [5.74, 6) is 0. The lowest BCUT2D eigenvalue weighted by Gasteiger charge is -2.27. The molecule has 0 radical (unpaired) electrons. The minimum Gasteiger partial charge on any atom is -0.383 e. The first-order valence-electron chi connectivity index (χ1n) is 6.24. The molecular formula is C12H26N2O2. The first-order valence-corrected chi connectivity index (χ1v) is 6.24. The molecule has 1 rings (SSSR count). The molecule has 0 aromatic carbocycles. The average Bonchev–Trinajstić information content (AvgIpc) is 2.30. The van der Waals surface area contributed by atoms with Crippen LogP contribution in [0.15, 0.2) is 0 Å². The molecule has 1 aliphatic heterocycles. The Labute approximate surface area is 99.3 Å². The predicted molar refractivity (Wildman–Crippen MR) is 65.8 cm³/mol. The molecule has 0 saturated carbocycles. The number of likely N-dealkylation sites (N-methyl/N-ethyl adjacent to an activating group) is 1. The van der Waals surface area contributed by atoms with Crippen LogP contribution in [0.2, 0.25) is 0 Å². The van der Waals surface area contributed by atoms with Crippen LogP contribution in [0.1, 0.15) is 19.8 Å². The van der Waals surface area contributed by atoms with Crippen molar-refractivity contribution in [3.05, 3.63) is 0 Å². The lowest BCUT2D eigenvalue weighted by atomic mass is 10.1. The van der Waals surface area contributed by atoms with Crippen LogP contribution in [-0.4, -0.2) is 64.1 Å². The largest absolute Gasteiger partial charge is 0.383 e. The third-order valence-electron chi connectivity index (χ3n) is 3.28. The second-order valence-corrected chi connectivity index (χ2v) is 4.63. The molecule has 0 aliphatic carbocycles. The van der Waals surface area contributed by atoms with Gasteiger partial charge in [-0.3, -0.25) is 0 Å². The molecule has 1 atom stereocenters. The Morgan fingerprint density at radius 2 is 2.12 bits per heavy atom. The molecule has 4 heteroatoms. The second-order valence-electron chi connectivity index (χ2n) is 4.63. The molecule has 1 saturated heterocycles. The highest BCUT2D eigenvalue weighted by Gasteiger charge is 2.13. The fourth-order valence-electron chi connectivity index (χ4n) is 1.94. The summed E-state index contributed by atoms with van der Waals surface area (Å²) in [6.45, 7) is 6.93. The Kier molecular flexibility index (Phi) is 6.96. The quantitative estimate of drug-likeness (QED) is 0.699. The smallest absolute Gasteiger partial charge is 0.0615 e.